The smallest absolute Gasteiger partial charge is 0.317 e. The van der Waals surface area contributed by atoms with Crippen molar-refractivity contribution in [3.63, 3.8) is 0 Å². The van der Waals surface area contributed by atoms with Crippen LogP contribution < -0.4 is 0 Å². The van der Waals surface area contributed by atoms with Crippen LogP contribution in [0, 0.1) is 0 Å². The molecule has 194 valence electrons. The Morgan fingerprint density at radius 1 is 0.771 bits per heavy atom. The Kier molecular flexibility index (Phi) is 12.3. The zero-order valence-electron chi connectivity index (χ0n) is 19.3. The minimum Gasteiger partial charge on any atom is -0.506 e. The summed E-state index contributed by atoms with van der Waals surface area (Å²) in [4.78, 5) is 40.3. The number of fused-ring (bicyclic) bond motifs is 1. The van der Waals surface area contributed by atoms with E-state index in [1.165, 1.54) is 4.90 Å². The van der Waals surface area contributed by atoms with E-state index in [1.807, 2.05) is 28.0 Å². The van der Waals surface area contributed by atoms with Gasteiger partial charge in [0.1, 0.15) is 11.3 Å². The predicted molar refractivity (Wildman–Crippen MR) is 124 cm³/mol. The molecule has 35 heavy (non-hydrogen) atoms. The first kappa shape index (κ1) is 28.3. The number of rotatable bonds is 18. The molecule has 1 aromatic heterocycles. The highest BCUT2D eigenvalue weighted by Gasteiger charge is 2.17. The maximum atomic E-state index is 11.1. The number of carboxylic acids is 2. The molecule has 0 amide bonds. The normalized spacial score (nSPS) is 11.7. The lowest BCUT2D eigenvalue weighted by Crippen LogP contribution is -2.43. The van der Waals surface area contributed by atoms with Crippen molar-refractivity contribution in [2.75, 3.05) is 65.6 Å². The summed E-state index contributed by atoms with van der Waals surface area (Å²) in [7, 11) is 0. The monoisotopic (exact) mass is 496 g/mol. The fraction of sp³-hybridized carbons (Fsp3) is 0.500. The zero-order valence-corrected chi connectivity index (χ0v) is 19.3. The predicted octanol–water partition coefficient (Wildman–Crippen LogP) is 0.495. The lowest BCUT2D eigenvalue weighted by Gasteiger charge is -2.29. The van der Waals surface area contributed by atoms with E-state index in [-0.39, 0.29) is 25.5 Å². The van der Waals surface area contributed by atoms with Gasteiger partial charge in [-0.3, -0.25) is 34.8 Å². The first-order chi connectivity index (χ1) is 16.8. The Morgan fingerprint density at radius 2 is 1.34 bits per heavy atom. The second-order valence-corrected chi connectivity index (χ2v) is 7.93. The number of hydrogen-bond donors (Lipinski definition) is 5. The summed E-state index contributed by atoms with van der Waals surface area (Å²) in [6, 6.07) is 8.80. The number of carbonyl (C=O) groups is 2. The fourth-order valence-corrected chi connectivity index (χ4v) is 3.60. The highest BCUT2D eigenvalue weighted by Crippen LogP contribution is 2.22. The van der Waals surface area contributed by atoms with Crippen molar-refractivity contribution in [2.45, 2.75) is 6.54 Å². The quantitative estimate of drug-likeness (QED) is 0.142. The van der Waals surface area contributed by atoms with Crippen molar-refractivity contribution < 1.29 is 45.2 Å². The molecule has 0 radical (unpaired) electrons. The molecule has 0 bridgehead atoms. The molecule has 13 nitrogen and oxygen atoms in total. The molecule has 0 aliphatic rings. The molecule has 5 N–H and O–H groups in total. The van der Waals surface area contributed by atoms with Crippen LogP contribution in [0.2, 0.25) is 0 Å². The van der Waals surface area contributed by atoms with E-state index in [4.69, 9.17) is 20.7 Å². The molecule has 0 fully saturated rings. The third-order valence-electron chi connectivity index (χ3n) is 5.32. The molecule has 0 saturated carbocycles. The molecule has 0 unspecified atom stereocenters. The van der Waals surface area contributed by atoms with Gasteiger partial charge in [0.05, 0.1) is 32.0 Å². The van der Waals surface area contributed by atoms with Gasteiger partial charge in [-0.15, -0.1) is 0 Å². The van der Waals surface area contributed by atoms with Gasteiger partial charge in [0.15, 0.2) is 0 Å². The Bertz CT molecular complexity index is 922. The third kappa shape index (κ3) is 10.5. The van der Waals surface area contributed by atoms with E-state index < -0.39 is 25.0 Å². The van der Waals surface area contributed by atoms with Gasteiger partial charge in [-0.05, 0) is 12.1 Å². The SMILES string of the molecule is O=C(O)CN(CCN(CCN(CCOO)CCOO)Cc1ccc2cccc(O)c2n1)CC(=O)O. The van der Waals surface area contributed by atoms with Crippen LogP contribution in [0.15, 0.2) is 30.3 Å². The fourth-order valence-electron chi connectivity index (χ4n) is 3.60. The highest BCUT2D eigenvalue weighted by molar-refractivity contribution is 5.84. The molecule has 1 aromatic carbocycles. The Hall–Kier alpha value is -2.91. The molecule has 2 aromatic rings. The highest BCUT2D eigenvalue weighted by atomic mass is 17.1. The summed E-state index contributed by atoms with van der Waals surface area (Å²) in [5, 5.41) is 46.5. The molecule has 0 atom stereocenters. The molecule has 0 spiro atoms. The van der Waals surface area contributed by atoms with Gasteiger partial charge in [-0.2, -0.15) is 0 Å². The molecular formula is C22H32N4O9. The number of phenols is 1. The standard InChI is InChI=1S/C22H32N4O9/c27-19-3-1-2-17-4-5-18(23-22(17)19)14-25(7-6-24(10-12-34-32)11-13-35-33)8-9-26(15-20(28)29)16-21(30)31/h1-5,27,32-33H,6-16H2,(H,28,29)(H,30,31). The van der Waals surface area contributed by atoms with E-state index in [0.717, 1.165) is 5.39 Å². The van der Waals surface area contributed by atoms with E-state index in [2.05, 4.69) is 14.8 Å². The van der Waals surface area contributed by atoms with Crippen molar-refractivity contribution in [1.82, 2.24) is 19.7 Å². The number of pyridine rings is 1. The first-order valence-electron chi connectivity index (χ1n) is 11.0. The largest absolute Gasteiger partial charge is 0.506 e. The summed E-state index contributed by atoms with van der Waals surface area (Å²) in [6.45, 7) is 1.92. The summed E-state index contributed by atoms with van der Waals surface area (Å²) in [5.74, 6) is -2.18. The van der Waals surface area contributed by atoms with Crippen LogP contribution in [-0.2, 0) is 25.9 Å². The van der Waals surface area contributed by atoms with Crippen molar-refractivity contribution in [3.8, 4) is 5.75 Å². The van der Waals surface area contributed by atoms with Crippen molar-refractivity contribution in [2.24, 2.45) is 0 Å². The zero-order chi connectivity index (χ0) is 25.6. The van der Waals surface area contributed by atoms with E-state index in [1.54, 1.807) is 12.1 Å². The van der Waals surface area contributed by atoms with Gasteiger partial charge >= 0.3 is 11.9 Å². The molecule has 13 heteroatoms. The maximum absolute atomic E-state index is 11.1. The van der Waals surface area contributed by atoms with Crippen LogP contribution in [0.25, 0.3) is 10.9 Å². The number of aliphatic carboxylic acids is 2. The van der Waals surface area contributed by atoms with Crippen LogP contribution in [0.1, 0.15) is 5.69 Å². The number of nitrogens with zero attached hydrogens (tertiary/aromatic N) is 4. The summed E-state index contributed by atoms with van der Waals surface area (Å²) >= 11 is 0. The molecule has 0 aliphatic carbocycles. The Balaban J connectivity index is 2.15. The number of carboxylic acid groups (broad SMARTS) is 2. The van der Waals surface area contributed by atoms with Crippen molar-refractivity contribution >= 4 is 22.8 Å². The van der Waals surface area contributed by atoms with Crippen LogP contribution in [-0.4, -0.2) is 123 Å². The third-order valence-corrected chi connectivity index (χ3v) is 5.32. The number of benzene rings is 1. The first-order valence-corrected chi connectivity index (χ1v) is 11.0. The van der Waals surface area contributed by atoms with Gasteiger partial charge in [0.25, 0.3) is 0 Å². The van der Waals surface area contributed by atoms with Crippen LogP contribution in [0.3, 0.4) is 0 Å². The van der Waals surface area contributed by atoms with E-state index >= 15 is 0 Å². The van der Waals surface area contributed by atoms with Gasteiger partial charge in [-0.1, -0.05) is 18.2 Å². The van der Waals surface area contributed by atoms with Gasteiger partial charge < -0.3 is 15.3 Å². The molecule has 0 saturated heterocycles. The molecule has 0 aliphatic heterocycles. The average Bonchev–Trinajstić information content (AvgIpc) is 2.81. The molecule has 2 rings (SSSR count). The van der Waals surface area contributed by atoms with E-state index in [0.29, 0.717) is 50.5 Å². The molecular weight excluding hydrogens is 464 g/mol. The average molecular weight is 497 g/mol. The van der Waals surface area contributed by atoms with Gasteiger partial charge in [0.2, 0.25) is 0 Å². The second kappa shape index (κ2) is 15.2. The van der Waals surface area contributed by atoms with E-state index in [9.17, 15) is 14.7 Å². The van der Waals surface area contributed by atoms with Crippen LogP contribution in [0.4, 0.5) is 0 Å². The summed E-state index contributed by atoms with van der Waals surface area (Å²) in [6.07, 6.45) is 0. The number of phenolic OH excluding ortho intramolecular Hbond substituents is 1. The number of hydrogen-bond acceptors (Lipinski definition) is 11. The molecule has 1 heterocycles. The number of aromatic hydroxyl groups is 1. The van der Waals surface area contributed by atoms with Crippen molar-refractivity contribution in [1.29, 1.82) is 0 Å². The summed E-state index contributed by atoms with van der Waals surface area (Å²) in [5.41, 5.74) is 1.14. The Morgan fingerprint density at radius 3 is 1.91 bits per heavy atom. The minimum absolute atomic E-state index is 0.0575. The van der Waals surface area contributed by atoms with Crippen LogP contribution in [0.5, 0.6) is 5.75 Å². The summed E-state index contributed by atoms with van der Waals surface area (Å²) < 4.78 is 0. The topological polar surface area (TPSA) is 176 Å². The maximum Gasteiger partial charge on any atom is 0.317 e. The number of aromatic nitrogens is 1. The lowest BCUT2D eigenvalue weighted by atomic mass is 10.2. The van der Waals surface area contributed by atoms with Gasteiger partial charge in [0, 0.05) is 51.2 Å². The van der Waals surface area contributed by atoms with Crippen LogP contribution >= 0.6 is 0 Å². The van der Waals surface area contributed by atoms with Crippen molar-refractivity contribution in [3.05, 3.63) is 36.0 Å². The lowest BCUT2D eigenvalue weighted by molar-refractivity contribution is -0.251. The Labute approximate surface area is 202 Å². The van der Waals surface area contributed by atoms with Gasteiger partial charge in [-0.25, -0.2) is 14.8 Å². The second-order valence-electron chi connectivity index (χ2n) is 7.93. The number of para-hydroxylation sites is 1. The minimum atomic E-state index is -1.12.